The van der Waals surface area contributed by atoms with Gasteiger partial charge >= 0.3 is 0 Å². The normalized spacial score (nSPS) is 23.8. The number of hydrogen-bond donors (Lipinski definition) is 1. The average molecular weight is 233 g/mol. The highest BCUT2D eigenvalue weighted by Gasteiger charge is 2.20. The zero-order chi connectivity index (χ0) is 11.3. The molecule has 1 heterocycles. The van der Waals surface area contributed by atoms with E-state index in [-0.39, 0.29) is 11.8 Å². The van der Waals surface area contributed by atoms with Gasteiger partial charge in [0, 0.05) is 24.6 Å². The molecule has 0 spiro atoms. The summed E-state index contributed by atoms with van der Waals surface area (Å²) in [6.07, 6.45) is 1.69. The van der Waals surface area contributed by atoms with E-state index in [9.17, 15) is 8.42 Å². The molecule has 0 saturated carbocycles. The first-order valence-electron chi connectivity index (χ1n) is 5.22. The summed E-state index contributed by atoms with van der Waals surface area (Å²) in [4.78, 5) is 0. The second kappa shape index (κ2) is 5.63. The molecule has 0 aliphatic carbocycles. The number of ether oxygens (including phenoxy) is 1. The van der Waals surface area contributed by atoms with Gasteiger partial charge in [0.25, 0.3) is 0 Å². The molecule has 0 aromatic carbocycles. The minimum atomic E-state index is -2.94. The van der Waals surface area contributed by atoms with Crippen LogP contribution in [-0.4, -0.2) is 40.0 Å². The summed E-state index contributed by atoms with van der Waals surface area (Å²) < 4.78 is 27.5. The smallest absolute Gasteiger partial charge is 0.173 e. The lowest BCUT2D eigenvalue weighted by Crippen LogP contribution is -2.32. The van der Waals surface area contributed by atoms with Crippen LogP contribution < -0.4 is 5.32 Å². The third-order valence-corrected chi connectivity index (χ3v) is 3.43. The van der Waals surface area contributed by atoms with Crippen molar-refractivity contribution in [1.82, 2.24) is 5.32 Å². The molecule has 1 atom stereocenters. The Morgan fingerprint density at radius 1 is 1.53 bits per heavy atom. The Labute approximate surface area is 91.6 Å². The molecule has 1 unspecified atom stereocenters. The maximum absolute atomic E-state index is 11.1. The van der Waals surface area contributed by atoms with Crippen molar-refractivity contribution in [3.8, 4) is 0 Å². The number of nitrogens with one attached hydrogen (secondary N) is 1. The van der Waals surface area contributed by atoms with E-state index >= 15 is 0 Å². The van der Waals surface area contributed by atoms with E-state index in [2.05, 4.69) is 19.2 Å². The van der Waals surface area contributed by atoms with Crippen LogP contribution in [0.4, 0.5) is 0 Å². The summed E-state index contributed by atoms with van der Waals surface area (Å²) in [5.74, 6) is 0.716. The molecular weight excluding hydrogens is 214 g/mol. The van der Waals surface area contributed by atoms with Crippen molar-refractivity contribution in [2.75, 3.05) is 25.5 Å². The monoisotopic (exact) mass is 233 g/mol. The summed E-state index contributed by atoms with van der Waals surface area (Å²) in [5, 5.41) is 4.40. The number of rotatable bonds is 6. The molecule has 1 aliphatic rings. The fraction of sp³-hybridized carbons (Fsp3) is 0.800. The third-order valence-electron chi connectivity index (χ3n) is 2.03. The van der Waals surface area contributed by atoms with Gasteiger partial charge in [-0.3, -0.25) is 0 Å². The van der Waals surface area contributed by atoms with Crippen LogP contribution in [-0.2, 0) is 14.6 Å². The van der Waals surface area contributed by atoms with Crippen molar-refractivity contribution in [2.24, 2.45) is 5.92 Å². The number of hydrogen-bond acceptors (Lipinski definition) is 4. The molecule has 0 fully saturated rings. The standard InChI is InChI=1S/C10H19NO3S/c1-9(2)7-14-5-4-11-10-3-6-15(12,13)8-10/h3,6,9-11H,4-5,7-8H2,1-2H3. The van der Waals surface area contributed by atoms with E-state index in [0.717, 1.165) is 6.61 Å². The molecule has 88 valence electrons. The minimum Gasteiger partial charge on any atom is -0.380 e. The van der Waals surface area contributed by atoms with Crippen LogP contribution in [0.1, 0.15) is 13.8 Å². The van der Waals surface area contributed by atoms with Gasteiger partial charge in [-0.15, -0.1) is 0 Å². The molecule has 15 heavy (non-hydrogen) atoms. The van der Waals surface area contributed by atoms with Crippen molar-refractivity contribution >= 4 is 9.84 Å². The lowest BCUT2D eigenvalue weighted by molar-refractivity contribution is 0.111. The van der Waals surface area contributed by atoms with Crippen LogP contribution in [0, 0.1) is 5.92 Å². The first-order valence-corrected chi connectivity index (χ1v) is 6.93. The van der Waals surface area contributed by atoms with Crippen molar-refractivity contribution in [3.05, 3.63) is 11.5 Å². The van der Waals surface area contributed by atoms with Gasteiger partial charge in [-0.25, -0.2) is 8.42 Å². The molecule has 0 aromatic rings. The molecule has 1 rings (SSSR count). The highest BCUT2D eigenvalue weighted by Crippen LogP contribution is 2.07. The predicted octanol–water partition coefficient (Wildman–Crippen LogP) is 0.559. The Morgan fingerprint density at radius 2 is 2.27 bits per heavy atom. The van der Waals surface area contributed by atoms with Gasteiger partial charge < -0.3 is 10.1 Å². The van der Waals surface area contributed by atoms with Gasteiger partial charge in [0.2, 0.25) is 0 Å². The summed E-state index contributed by atoms with van der Waals surface area (Å²) in [6.45, 7) is 6.26. The Morgan fingerprint density at radius 3 is 2.80 bits per heavy atom. The third kappa shape index (κ3) is 5.30. The van der Waals surface area contributed by atoms with Crippen molar-refractivity contribution in [2.45, 2.75) is 19.9 Å². The van der Waals surface area contributed by atoms with E-state index in [4.69, 9.17) is 4.74 Å². The van der Waals surface area contributed by atoms with Gasteiger partial charge in [0.15, 0.2) is 9.84 Å². The predicted molar refractivity (Wildman–Crippen MR) is 60.4 cm³/mol. The summed E-state index contributed by atoms with van der Waals surface area (Å²) in [5.41, 5.74) is 0. The highest BCUT2D eigenvalue weighted by molar-refractivity contribution is 7.94. The minimum absolute atomic E-state index is 0.0438. The fourth-order valence-electron chi connectivity index (χ4n) is 1.34. The van der Waals surface area contributed by atoms with E-state index in [1.54, 1.807) is 6.08 Å². The van der Waals surface area contributed by atoms with E-state index < -0.39 is 9.84 Å². The lowest BCUT2D eigenvalue weighted by atomic mass is 10.2. The molecule has 0 amide bonds. The Kier molecular flexibility index (Phi) is 4.76. The molecule has 4 nitrogen and oxygen atoms in total. The molecule has 0 saturated heterocycles. The van der Waals surface area contributed by atoms with Crippen LogP contribution >= 0.6 is 0 Å². The maximum atomic E-state index is 11.1. The quantitative estimate of drug-likeness (QED) is 0.681. The van der Waals surface area contributed by atoms with Crippen molar-refractivity contribution in [1.29, 1.82) is 0 Å². The lowest BCUT2D eigenvalue weighted by Gasteiger charge is -2.10. The SMILES string of the molecule is CC(C)COCCNC1C=CS(=O)(=O)C1. The molecule has 0 bridgehead atoms. The zero-order valence-electron chi connectivity index (χ0n) is 9.27. The van der Waals surface area contributed by atoms with Crippen molar-refractivity contribution < 1.29 is 13.2 Å². The van der Waals surface area contributed by atoms with Crippen LogP contribution in [0.2, 0.25) is 0 Å². The molecule has 1 aliphatic heterocycles. The number of sulfone groups is 1. The first-order chi connectivity index (χ1) is 6.99. The van der Waals surface area contributed by atoms with Gasteiger partial charge in [0.1, 0.15) is 0 Å². The van der Waals surface area contributed by atoms with E-state index in [1.807, 2.05) is 0 Å². The topological polar surface area (TPSA) is 55.4 Å². The summed E-state index contributed by atoms with van der Waals surface area (Å²) in [7, 11) is -2.94. The Hall–Kier alpha value is -0.390. The second-order valence-corrected chi connectivity index (χ2v) is 6.12. The van der Waals surface area contributed by atoms with E-state index in [1.165, 1.54) is 5.41 Å². The van der Waals surface area contributed by atoms with Gasteiger partial charge in [-0.1, -0.05) is 19.9 Å². The molecule has 5 heteroatoms. The van der Waals surface area contributed by atoms with Gasteiger partial charge in [0.05, 0.1) is 12.4 Å². The molecular formula is C10H19NO3S. The zero-order valence-corrected chi connectivity index (χ0v) is 10.1. The second-order valence-electron chi connectivity index (χ2n) is 4.19. The molecule has 1 N–H and O–H groups in total. The summed E-state index contributed by atoms with van der Waals surface area (Å²) in [6, 6.07) is -0.0438. The Bertz CT molecular complexity index is 309. The van der Waals surface area contributed by atoms with Gasteiger partial charge in [-0.05, 0) is 5.92 Å². The van der Waals surface area contributed by atoms with Gasteiger partial charge in [-0.2, -0.15) is 0 Å². The Balaban J connectivity index is 2.05. The fourth-order valence-corrected chi connectivity index (χ4v) is 2.61. The maximum Gasteiger partial charge on any atom is 0.173 e. The molecule has 0 aromatic heterocycles. The van der Waals surface area contributed by atoms with Crippen LogP contribution in [0.5, 0.6) is 0 Å². The van der Waals surface area contributed by atoms with Crippen LogP contribution in [0.15, 0.2) is 11.5 Å². The molecule has 0 radical (unpaired) electrons. The highest BCUT2D eigenvalue weighted by atomic mass is 32.2. The van der Waals surface area contributed by atoms with Crippen LogP contribution in [0.3, 0.4) is 0 Å². The average Bonchev–Trinajstić information content (AvgIpc) is 2.44. The summed E-state index contributed by atoms with van der Waals surface area (Å²) >= 11 is 0. The van der Waals surface area contributed by atoms with Crippen LogP contribution in [0.25, 0.3) is 0 Å². The van der Waals surface area contributed by atoms with E-state index in [0.29, 0.717) is 19.1 Å². The largest absolute Gasteiger partial charge is 0.380 e. The van der Waals surface area contributed by atoms with Crippen molar-refractivity contribution in [3.63, 3.8) is 0 Å². The first kappa shape index (κ1) is 12.7.